The lowest BCUT2D eigenvalue weighted by Crippen LogP contribution is -2.49. The Morgan fingerprint density at radius 1 is 1.44 bits per heavy atom. The number of aromatic nitrogens is 1. The van der Waals surface area contributed by atoms with Crippen LogP contribution in [0, 0.1) is 0 Å². The van der Waals surface area contributed by atoms with Crippen LogP contribution in [0.2, 0.25) is 5.02 Å². The molecule has 2 N–H and O–H groups in total. The molecule has 27 heavy (non-hydrogen) atoms. The molecule has 0 bridgehead atoms. The summed E-state index contributed by atoms with van der Waals surface area (Å²) in [7, 11) is 1.59. The number of pyridine rings is 1. The van der Waals surface area contributed by atoms with Gasteiger partial charge in [0.1, 0.15) is 0 Å². The largest absolute Gasteiger partial charge is 0.388 e. The van der Waals surface area contributed by atoms with Gasteiger partial charge in [0.25, 0.3) is 11.8 Å². The number of halogens is 3. The predicted octanol–water partition coefficient (Wildman–Crippen LogP) is 3.45. The average molecular weight is 401 g/mol. The Kier molecular flexibility index (Phi) is 5.74. The van der Waals surface area contributed by atoms with E-state index < -0.39 is 23.9 Å². The number of nitrogens with one attached hydrogen (secondary N) is 1. The molecule has 0 saturated heterocycles. The number of hydrogen-bond acceptors (Lipinski definition) is 3. The van der Waals surface area contributed by atoms with Crippen molar-refractivity contribution in [3.63, 3.8) is 0 Å². The number of carbonyl (C=O) groups excluding carboxylic acids is 1. The molecule has 1 atom stereocenters. The number of ether oxygens (including phenoxy) is 1. The van der Waals surface area contributed by atoms with E-state index in [9.17, 15) is 18.7 Å². The van der Waals surface area contributed by atoms with E-state index in [0.717, 1.165) is 5.69 Å². The van der Waals surface area contributed by atoms with E-state index in [2.05, 4.69) is 5.32 Å². The molecular weight excluding hydrogens is 378 g/mol. The van der Waals surface area contributed by atoms with Gasteiger partial charge in [0.15, 0.2) is 0 Å². The monoisotopic (exact) mass is 400 g/mol. The van der Waals surface area contributed by atoms with Crippen molar-refractivity contribution in [1.29, 1.82) is 0 Å². The molecule has 0 aliphatic heterocycles. The highest BCUT2D eigenvalue weighted by Gasteiger charge is 2.44. The van der Waals surface area contributed by atoms with Crippen molar-refractivity contribution in [1.82, 2.24) is 9.72 Å². The van der Waals surface area contributed by atoms with Crippen LogP contribution >= 0.6 is 11.6 Å². The number of rotatable bonds is 6. The van der Waals surface area contributed by atoms with Crippen LogP contribution in [-0.2, 0) is 11.2 Å². The fourth-order valence-corrected chi connectivity index (χ4v) is 3.95. The Labute approximate surface area is 161 Å². The molecule has 1 aliphatic rings. The number of aliphatic hydroxyl groups is 1. The Morgan fingerprint density at radius 2 is 2.22 bits per heavy atom. The van der Waals surface area contributed by atoms with Gasteiger partial charge in [0.05, 0.1) is 28.3 Å². The van der Waals surface area contributed by atoms with Crippen molar-refractivity contribution in [2.45, 2.75) is 43.6 Å². The first-order valence-electron chi connectivity index (χ1n) is 8.90. The minimum atomic E-state index is -2.91. The van der Waals surface area contributed by atoms with Crippen molar-refractivity contribution in [2.24, 2.45) is 0 Å². The van der Waals surface area contributed by atoms with Gasteiger partial charge in [-0.1, -0.05) is 11.6 Å². The van der Waals surface area contributed by atoms with Crippen LogP contribution in [0.5, 0.6) is 0 Å². The number of hydrogen-bond donors (Lipinski definition) is 2. The summed E-state index contributed by atoms with van der Waals surface area (Å²) in [5.74, 6) is -3.36. The van der Waals surface area contributed by atoms with Crippen molar-refractivity contribution in [3.05, 3.63) is 40.7 Å². The van der Waals surface area contributed by atoms with Crippen LogP contribution in [0.15, 0.2) is 24.4 Å². The van der Waals surface area contributed by atoms with E-state index in [0.29, 0.717) is 29.1 Å². The van der Waals surface area contributed by atoms with Gasteiger partial charge in [0, 0.05) is 44.8 Å². The first kappa shape index (κ1) is 20.0. The summed E-state index contributed by atoms with van der Waals surface area (Å²) in [6.07, 6.45) is 1.98. The molecule has 2 aromatic heterocycles. The lowest BCUT2D eigenvalue weighted by atomic mass is 9.82. The first-order valence-corrected chi connectivity index (χ1v) is 9.28. The van der Waals surface area contributed by atoms with Crippen LogP contribution in [0.4, 0.5) is 8.78 Å². The Bertz CT molecular complexity index is 840. The third-order valence-electron chi connectivity index (χ3n) is 4.98. The summed E-state index contributed by atoms with van der Waals surface area (Å²) in [5, 5.41) is 13.5. The van der Waals surface area contributed by atoms with Gasteiger partial charge in [-0.05, 0) is 31.0 Å². The normalized spacial score (nSPS) is 22.1. The third kappa shape index (κ3) is 4.42. The second-order valence-electron chi connectivity index (χ2n) is 7.16. The Hall–Kier alpha value is -1.70. The zero-order valence-electron chi connectivity index (χ0n) is 15.1. The molecule has 0 radical (unpaired) electrons. The quantitative estimate of drug-likeness (QED) is 0.780. The zero-order chi connectivity index (χ0) is 19.7. The van der Waals surface area contributed by atoms with Crippen LogP contribution in [0.3, 0.4) is 0 Å². The summed E-state index contributed by atoms with van der Waals surface area (Å²) in [5.41, 5.74) is 0.138. The fraction of sp³-hybridized carbons (Fsp3) is 0.526. The van der Waals surface area contributed by atoms with Crippen LogP contribution in [-0.4, -0.2) is 47.2 Å². The first-order chi connectivity index (χ1) is 12.7. The maximum absolute atomic E-state index is 13.6. The molecule has 0 aromatic carbocycles. The van der Waals surface area contributed by atoms with E-state index in [1.165, 1.54) is 0 Å². The lowest BCUT2D eigenvalue weighted by molar-refractivity contribution is -0.121. The van der Waals surface area contributed by atoms with E-state index in [-0.39, 0.29) is 25.8 Å². The van der Waals surface area contributed by atoms with Crippen molar-refractivity contribution in [3.8, 4) is 0 Å². The van der Waals surface area contributed by atoms with Gasteiger partial charge < -0.3 is 19.6 Å². The number of methoxy groups -OCH3 is 1. The third-order valence-corrected chi connectivity index (χ3v) is 5.28. The van der Waals surface area contributed by atoms with Crippen molar-refractivity contribution < 1.29 is 23.4 Å². The Balaban J connectivity index is 1.81. The molecule has 3 rings (SSSR count). The smallest absolute Gasteiger partial charge is 0.253 e. The van der Waals surface area contributed by atoms with Gasteiger partial charge >= 0.3 is 0 Å². The second-order valence-corrected chi connectivity index (χ2v) is 7.57. The molecule has 1 fully saturated rings. The summed E-state index contributed by atoms with van der Waals surface area (Å²) >= 11 is 6.29. The lowest BCUT2D eigenvalue weighted by Gasteiger charge is -2.36. The van der Waals surface area contributed by atoms with E-state index >= 15 is 0 Å². The number of alkyl halides is 2. The van der Waals surface area contributed by atoms with E-state index in [4.69, 9.17) is 16.3 Å². The number of amides is 1. The second kappa shape index (κ2) is 7.73. The van der Waals surface area contributed by atoms with Gasteiger partial charge in [-0.25, -0.2) is 8.78 Å². The zero-order valence-corrected chi connectivity index (χ0v) is 15.9. The van der Waals surface area contributed by atoms with Crippen LogP contribution < -0.4 is 5.32 Å². The highest BCUT2D eigenvalue weighted by atomic mass is 35.5. The predicted molar refractivity (Wildman–Crippen MR) is 98.7 cm³/mol. The summed E-state index contributed by atoms with van der Waals surface area (Å²) in [4.78, 5) is 12.7. The fourth-order valence-electron chi connectivity index (χ4n) is 3.68. The molecule has 5 nitrogen and oxygen atoms in total. The van der Waals surface area contributed by atoms with Gasteiger partial charge in [-0.3, -0.25) is 4.79 Å². The molecule has 1 amide bonds. The van der Waals surface area contributed by atoms with Gasteiger partial charge in [0.2, 0.25) is 0 Å². The maximum Gasteiger partial charge on any atom is 0.253 e. The molecule has 8 heteroatoms. The van der Waals surface area contributed by atoms with Crippen LogP contribution in [0.25, 0.3) is 5.52 Å². The molecule has 0 spiro atoms. The van der Waals surface area contributed by atoms with Crippen molar-refractivity contribution in [2.75, 3.05) is 20.3 Å². The van der Waals surface area contributed by atoms with Gasteiger partial charge in [-0.15, -0.1) is 0 Å². The molecule has 1 saturated carbocycles. The highest BCUT2D eigenvalue weighted by Crippen LogP contribution is 2.38. The topological polar surface area (TPSA) is 63.0 Å². The number of nitrogens with zero attached hydrogens (tertiary/aromatic N) is 1. The minimum absolute atomic E-state index is 0.224. The summed E-state index contributed by atoms with van der Waals surface area (Å²) in [6, 6.07) is 5.18. The van der Waals surface area contributed by atoms with Gasteiger partial charge in [-0.2, -0.15) is 0 Å². The number of fused-ring (bicyclic) bond motifs is 1. The SMILES string of the molecule is COCCc1cc(C(=O)NC[C@@]2(O)CCCC(F)(F)C2)c2c(Cl)cccn12. The van der Waals surface area contributed by atoms with E-state index in [1.807, 2.05) is 4.40 Å². The molecule has 0 unspecified atom stereocenters. The van der Waals surface area contributed by atoms with Crippen molar-refractivity contribution >= 4 is 23.0 Å². The number of carbonyl (C=O) groups is 1. The standard InChI is InChI=1S/C19H23ClF2N2O3/c1-27-9-5-13-10-14(16-15(20)4-2-8-24(13)16)17(25)23-12-18(26)6-3-7-19(21,22)11-18/h2,4,8,10,26H,3,5-7,9,11-12H2,1H3,(H,23,25)/t18-/m1/s1. The molecule has 2 aromatic rings. The average Bonchev–Trinajstić information content (AvgIpc) is 2.97. The molecular formula is C19H23ClF2N2O3. The Morgan fingerprint density at radius 3 is 2.93 bits per heavy atom. The maximum atomic E-state index is 13.6. The van der Waals surface area contributed by atoms with E-state index in [1.54, 1.807) is 31.5 Å². The summed E-state index contributed by atoms with van der Waals surface area (Å²) < 4.78 is 34.2. The molecule has 148 valence electrons. The minimum Gasteiger partial charge on any atom is -0.388 e. The summed E-state index contributed by atoms with van der Waals surface area (Å²) in [6.45, 7) is 0.255. The molecule has 1 aliphatic carbocycles. The van der Waals surface area contributed by atoms with Crippen LogP contribution in [0.1, 0.15) is 41.7 Å². The molecule has 2 heterocycles. The highest BCUT2D eigenvalue weighted by molar-refractivity contribution is 6.34.